The van der Waals surface area contributed by atoms with Gasteiger partial charge in [0.25, 0.3) is 0 Å². The zero-order valence-electron chi connectivity index (χ0n) is 9.74. The van der Waals surface area contributed by atoms with E-state index in [2.05, 4.69) is 36.3 Å². The second-order valence-corrected chi connectivity index (χ2v) is 4.83. The fourth-order valence-corrected chi connectivity index (χ4v) is 1.81. The molecule has 2 aromatic rings. The molecule has 1 nitrogen and oxygen atoms in total. The van der Waals surface area contributed by atoms with Crippen molar-refractivity contribution in [1.29, 1.82) is 0 Å². The minimum atomic E-state index is 1.08. The van der Waals surface area contributed by atoms with Gasteiger partial charge in [-0.05, 0) is 56.3 Å². The molecule has 0 radical (unpaired) electrons. The molecule has 0 fully saturated rings. The van der Waals surface area contributed by atoms with E-state index in [1.165, 1.54) is 16.0 Å². The largest absolute Gasteiger partial charge is 0.261 e. The van der Waals surface area contributed by atoms with Crippen LogP contribution in [0.2, 0.25) is 0 Å². The lowest BCUT2D eigenvalue weighted by Gasteiger charge is -1.89. The first-order chi connectivity index (χ1) is 7.08. The van der Waals surface area contributed by atoms with Gasteiger partial charge in [0, 0.05) is 16.8 Å². The van der Waals surface area contributed by atoms with Crippen molar-refractivity contribution >= 4 is 11.3 Å². The van der Waals surface area contributed by atoms with Gasteiger partial charge >= 0.3 is 0 Å². The standard InChI is InChI=1S/C7H9N.C6H8S/c1-6-3-4-7(2)8-5-6;1-5-3-6(2)7-4-5/h3-5H,1-2H3;3-4H,1-2H3. The molecular weight excluding hydrogens is 202 g/mol. The van der Waals surface area contributed by atoms with Crippen LogP contribution in [0.4, 0.5) is 0 Å². The van der Waals surface area contributed by atoms with Crippen molar-refractivity contribution in [3.05, 3.63) is 51.5 Å². The number of hydrogen-bond acceptors (Lipinski definition) is 2. The molecule has 0 aromatic carbocycles. The van der Waals surface area contributed by atoms with Crippen LogP contribution in [0.25, 0.3) is 0 Å². The molecule has 2 heteroatoms. The van der Waals surface area contributed by atoms with Crippen molar-refractivity contribution < 1.29 is 0 Å². The molecule has 2 aromatic heterocycles. The third-order valence-electron chi connectivity index (χ3n) is 1.92. The van der Waals surface area contributed by atoms with Gasteiger partial charge < -0.3 is 0 Å². The molecule has 2 heterocycles. The van der Waals surface area contributed by atoms with E-state index in [0.717, 1.165) is 5.69 Å². The number of nitrogens with zero attached hydrogens (tertiary/aromatic N) is 1. The van der Waals surface area contributed by atoms with Gasteiger partial charge in [-0.1, -0.05) is 6.07 Å². The monoisotopic (exact) mass is 219 g/mol. The second kappa shape index (κ2) is 5.66. The summed E-state index contributed by atoms with van der Waals surface area (Å²) in [6.07, 6.45) is 1.87. The summed E-state index contributed by atoms with van der Waals surface area (Å²) >= 11 is 1.80. The van der Waals surface area contributed by atoms with E-state index in [-0.39, 0.29) is 0 Å². The predicted octanol–water partition coefficient (Wildman–Crippen LogP) is 4.06. The summed E-state index contributed by atoms with van der Waals surface area (Å²) in [6.45, 7) is 8.26. The molecule has 0 aliphatic carbocycles. The van der Waals surface area contributed by atoms with E-state index in [4.69, 9.17) is 0 Å². The third kappa shape index (κ3) is 4.75. The van der Waals surface area contributed by atoms with Gasteiger partial charge in [-0.15, -0.1) is 11.3 Å². The number of thiophene rings is 1. The molecule has 15 heavy (non-hydrogen) atoms. The summed E-state index contributed by atoms with van der Waals surface area (Å²) in [5.74, 6) is 0. The van der Waals surface area contributed by atoms with Gasteiger partial charge in [-0.3, -0.25) is 4.98 Å². The Kier molecular flexibility index (Phi) is 4.50. The van der Waals surface area contributed by atoms with Crippen LogP contribution in [0, 0.1) is 27.7 Å². The van der Waals surface area contributed by atoms with Crippen LogP contribution in [0.5, 0.6) is 0 Å². The Hall–Kier alpha value is -1.15. The van der Waals surface area contributed by atoms with Gasteiger partial charge in [0.05, 0.1) is 0 Å². The summed E-state index contributed by atoms with van der Waals surface area (Å²) in [5.41, 5.74) is 3.67. The Balaban J connectivity index is 0.000000151. The first kappa shape index (κ1) is 11.9. The van der Waals surface area contributed by atoms with Crippen molar-refractivity contribution in [3.8, 4) is 0 Å². The van der Waals surface area contributed by atoms with Crippen LogP contribution in [0.15, 0.2) is 29.8 Å². The quantitative estimate of drug-likeness (QED) is 0.651. The molecule has 0 saturated carbocycles. The Bertz CT molecular complexity index is 363. The highest BCUT2D eigenvalue weighted by Crippen LogP contribution is 2.10. The molecule has 0 bridgehead atoms. The molecule has 80 valence electrons. The van der Waals surface area contributed by atoms with E-state index in [9.17, 15) is 0 Å². The van der Waals surface area contributed by atoms with Crippen LogP contribution in [0.3, 0.4) is 0 Å². The fraction of sp³-hybridized carbons (Fsp3) is 0.308. The molecule has 2 rings (SSSR count). The molecule has 0 saturated heterocycles. The average molecular weight is 219 g/mol. The zero-order chi connectivity index (χ0) is 11.3. The second-order valence-electron chi connectivity index (χ2n) is 3.71. The first-order valence-corrected chi connectivity index (χ1v) is 5.87. The lowest BCUT2D eigenvalue weighted by atomic mass is 10.3. The summed E-state index contributed by atoms with van der Waals surface area (Å²) in [6, 6.07) is 6.25. The first-order valence-electron chi connectivity index (χ1n) is 4.99. The number of aromatic nitrogens is 1. The highest BCUT2D eigenvalue weighted by Gasteiger charge is 1.84. The van der Waals surface area contributed by atoms with Crippen LogP contribution in [-0.4, -0.2) is 4.98 Å². The van der Waals surface area contributed by atoms with Gasteiger partial charge in [0.2, 0.25) is 0 Å². The van der Waals surface area contributed by atoms with E-state index < -0.39 is 0 Å². The summed E-state index contributed by atoms with van der Waals surface area (Å²) in [5, 5.41) is 2.16. The average Bonchev–Trinajstić information content (AvgIpc) is 2.56. The zero-order valence-corrected chi connectivity index (χ0v) is 10.6. The van der Waals surface area contributed by atoms with Crippen molar-refractivity contribution in [2.75, 3.05) is 0 Å². The summed E-state index contributed by atoms with van der Waals surface area (Å²) in [4.78, 5) is 5.48. The van der Waals surface area contributed by atoms with Gasteiger partial charge in [-0.2, -0.15) is 0 Å². The Labute approximate surface area is 95.8 Å². The number of aryl methyl sites for hydroxylation is 4. The van der Waals surface area contributed by atoms with Gasteiger partial charge in [0.15, 0.2) is 0 Å². The van der Waals surface area contributed by atoms with Gasteiger partial charge in [-0.25, -0.2) is 0 Å². The highest BCUT2D eigenvalue weighted by atomic mass is 32.1. The summed E-state index contributed by atoms with van der Waals surface area (Å²) < 4.78 is 0. The smallest absolute Gasteiger partial charge is 0.0372 e. The normalized spacial score (nSPS) is 9.33. The Morgan fingerprint density at radius 2 is 1.73 bits per heavy atom. The Morgan fingerprint density at radius 1 is 1.00 bits per heavy atom. The molecule has 0 atom stereocenters. The number of rotatable bonds is 0. The maximum Gasteiger partial charge on any atom is 0.0372 e. The molecule has 0 unspecified atom stereocenters. The van der Waals surface area contributed by atoms with Gasteiger partial charge in [0.1, 0.15) is 0 Å². The molecule has 0 aliphatic rings. The van der Waals surface area contributed by atoms with E-state index in [0.29, 0.717) is 0 Å². The number of hydrogen-bond donors (Lipinski definition) is 0. The number of pyridine rings is 1. The van der Waals surface area contributed by atoms with Crippen molar-refractivity contribution in [2.45, 2.75) is 27.7 Å². The highest BCUT2D eigenvalue weighted by molar-refractivity contribution is 7.10. The minimum Gasteiger partial charge on any atom is -0.261 e. The fourth-order valence-electron chi connectivity index (χ4n) is 1.12. The minimum absolute atomic E-state index is 1.08. The maximum absolute atomic E-state index is 4.08. The van der Waals surface area contributed by atoms with E-state index in [1.807, 2.05) is 26.1 Å². The van der Waals surface area contributed by atoms with Crippen molar-refractivity contribution in [2.24, 2.45) is 0 Å². The lowest BCUT2D eigenvalue weighted by molar-refractivity contribution is 1.17. The molecule has 0 aliphatic heterocycles. The Morgan fingerprint density at radius 3 is 2.00 bits per heavy atom. The lowest BCUT2D eigenvalue weighted by Crippen LogP contribution is -1.78. The van der Waals surface area contributed by atoms with Crippen LogP contribution >= 0.6 is 11.3 Å². The predicted molar refractivity (Wildman–Crippen MR) is 67.5 cm³/mol. The molecule has 0 spiro atoms. The topological polar surface area (TPSA) is 12.9 Å². The van der Waals surface area contributed by atoms with Crippen LogP contribution in [-0.2, 0) is 0 Å². The third-order valence-corrected chi connectivity index (χ3v) is 2.90. The maximum atomic E-state index is 4.08. The van der Waals surface area contributed by atoms with Crippen LogP contribution in [0.1, 0.15) is 21.7 Å². The molecule has 0 N–H and O–H groups in total. The molecular formula is C13H17NS. The molecule has 0 amide bonds. The summed E-state index contributed by atoms with van der Waals surface area (Å²) in [7, 11) is 0. The van der Waals surface area contributed by atoms with Crippen molar-refractivity contribution in [1.82, 2.24) is 4.98 Å². The van der Waals surface area contributed by atoms with Crippen molar-refractivity contribution in [3.63, 3.8) is 0 Å². The SMILES string of the molecule is Cc1ccc(C)nc1.Cc1csc(C)c1. The van der Waals surface area contributed by atoms with E-state index in [1.54, 1.807) is 11.3 Å². The van der Waals surface area contributed by atoms with E-state index >= 15 is 0 Å². The van der Waals surface area contributed by atoms with Crippen LogP contribution < -0.4 is 0 Å².